The molecule has 134 valence electrons. The summed E-state index contributed by atoms with van der Waals surface area (Å²) in [4.78, 5) is 16.9. The molecular formula is C17H19B3N4O3. The molecule has 0 fully saturated rings. The molecule has 1 atom stereocenters. The summed E-state index contributed by atoms with van der Waals surface area (Å²) in [5, 5.41) is 10.6. The molecule has 0 saturated heterocycles. The van der Waals surface area contributed by atoms with Gasteiger partial charge in [0.05, 0.1) is 12.2 Å². The summed E-state index contributed by atoms with van der Waals surface area (Å²) in [5.74, 6) is 1.24. The van der Waals surface area contributed by atoms with Gasteiger partial charge in [-0.1, -0.05) is 22.4 Å². The third kappa shape index (κ3) is 3.31. The molecule has 4 rings (SSSR count). The average molecular weight is 360 g/mol. The quantitative estimate of drug-likeness (QED) is 0.629. The standard InChI is InChI=1S/C17H19B3N4O3/c1-8-7-21-26-13(8)15(25)22-12-5-3-9-6-10(2-4-11(9)12)14-23-16(27-24-14)17(18,19)20/h2,4,6-7,12H,3,5,18-20H2,1H3,(H,22,25)/t12-/m1/s1. The van der Waals surface area contributed by atoms with Crippen molar-refractivity contribution in [3.05, 3.63) is 52.7 Å². The Hall–Kier alpha value is -2.77. The highest BCUT2D eigenvalue weighted by Gasteiger charge is 2.27. The van der Waals surface area contributed by atoms with Crippen LogP contribution in [0.25, 0.3) is 11.4 Å². The number of aryl methyl sites for hydroxylation is 2. The maximum absolute atomic E-state index is 12.4. The third-order valence-electron chi connectivity index (χ3n) is 4.81. The van der Waals surface area contributed by atoms with Gasteiger partial charge in [-0.2, -0.15) is 4.98 Å². The van der Waals surface area contributed by atoms with Crippen LogP contribution in [0.4, 0.5) is 0 Å². The van der Waals surface area contributed by atoms with Gasteiger partial charge >= 0.3 is 0 Å². The molecule has 1 aliphatic carbocycles. The fourth-order valence-electron chi connectivity index (χ4n) is 3.28. The summed E-state index contributed by atoms with van der Waals surface area (Å²) >= 11 is 0. The number of carbonyl (C=O) groups is 1. The van der Waals surface area contributed by atoms with E-state index < -0.39 is 0 Å². The third-order valence-corrected chi connectivity index (χ3v) is 4.81. The summed E-state index contributed by atoms with van der Waals surface area (Å²) in [6.07, 6.45) is 3.27. The SMILES string of the molecule is BC(B)(B)c1nc(-c2ccc3c(c2)CC[C@H]3NC(=O)c2oncc2C)no1. The van der Waals surface area contributed by atoms with Crippen LogP contribution < -0.4 is 5.32 Å². The molecule has 10 heteroatoms. The molecule has 0 aliphatic heterocycles. The lowest BCUT2D eigenvalue weighted by Gasteiger charge is -2.13. The van der Waals surface area contributed by atoms with E-state index in [0.717, 1.165) is 29.5 Å². The van der Waals surface area contributed by atoms with Crippen LogP contribution in [0.5, 0.6) is 0 Å². The number of carbonyl (C=O) groups excluding carboxylic acids is 1. The van der Waals surface area contributed by atoms with Gasteiger partial charge in [-0.05, 0) is 42.1 Å². The number of fused-ring (bicyclic) bond motifs is 1. The Morgan fingerprint density at radius 1 is 1.30 bits per heavy atom. The second-order valence-corrected chi connectivity index (χ2v) is 7.99. The summed E-state index contributed by atoms with van der Waals surface area (Å²) in [6.45, 7) is 1.80. The second-order valence-electron chi connectivity index (χ2n) is 7.99. The number of amides is 1. The Balaban J connectivity index is 1.55. The van der Waals surface area contributed by atoms with E-state index in [0.29, 0.717) is 11.7 Å². The van der Waals surface area contributed by atoms with Gasteiger partial charge in [0.2, 0.25) is 17.5 Å². The van der Waals surface area contributed by atoms with Crippen LogP contribution in [0.2, 0.25) is 0 Å². The van der Waals surface area contributed by atoms with Gasteiger partial charge in [0.1, 0.15) is 23.5 Å². The molecule has 2 heterocycles. The Labute approximate surface area is 159 Å². The Morgan fingerprint density at radius 3 is 2.78 bits per heavy atom. The molecule has 0 unspecified atom stereocenters. The number of hydrogen-bond donors (Lipinski definition) is 1. The number of hydrogen-bond acceptors (Lipinski definition) is 6. The Bertz CT molecular complexity index is 1010. The monoisotopic (exact) mass is 360 g/mol. The van der Waals surface area contributed by atoms with Crippen LogP contribution in [0, 0.1) is 6.92 Å². The van der Waals surface area contributed by atoms with Crippen molar-refractivity contribution in [2.45, 2.75) is 30.9 Å². The molecule has 1 aliphatic rings. The molecule has 2 aromatic heterocycles. The molecule has 0 bridgehead atoms. The molecule has 1 N–H and O–H groups in total. The van der Waals surface area contributed by atoms with E-state index in [2.05, 4.69) is 26.7 Å². The van der Waals surface area contributed by atoms with Crippen LogP contribution in [0.1, 0.15) is 45.6 Å². The normalized spacial score (nSPS) is 16.3. The lowest BCUT2D eigenvalue weighted by molar-refractivity contribution is 0.0898. The maximum Gasteiger partial charge on any atom is 0.290 e. The van der Waals surface area contributed by atoms with Crippen LogP contribution >= 0.6 is 0 Å². The van der Waals surface area contributed by atoms with Gasteiger partial charge in [0.25, 0.3) is 5.91 Å². The van der Waals surface area contributed by atoms with E-state index in [1.165, 1.54) is 5.56 Å². The van der Waals surface area contributed by atoms with Gasteiger partial charge in [-0.15, -0.1) is 0 Å². The van der Waals surface area contributed by atoms with E-state index in [9.17, 15) is 4.79 Å². The van der Waals surface area contributed by atoms with E-state index in [4.69, 9.17) is 9.05 Å². The average Bonchev–Trinajstić information content (AvgIpc) is 3.33. The summed E-state index contributed by atoms with van der Waals surface area (Å²) in [7, 11) is 6.11. The zero-order valence-corrected chi connectivity index (χ0v) is 15.9. The van der Waals surface area contributed by atoms with Crippen molar-refractivity contribution >= 4 is 29.4 Å². The van der Waals surface area contributed by atoms with Crippen LogP contribution in [0.15, 0.2) is 33.4 Å². The Morgan fingerprint density at radius 2 is 2.11 bits per heavy atom. The number of benzene rings is 1. The number of rotatable bonds is 4. The number of nitrogens with zero attached hydrogens (tertiary/aromatic N) is 3. The molecule has 27 heavy (non-hydrogen) atoms. The highest BCUT2D eigenvalue weighted by molar-refractivity contribution is 6.58. The topological polar surface area (TPSA) is 94.1 Å². The van der Waals surface area contributed by atoms with Crippen molar-refractivity contribution < 1.29 is 13.8 Å². The lowest BCUT2D eigenvalue weighted by Crippen LogP contribution is -2.27. The number of nitrogens with one attached hydrogen (secondary N) is 1. The van der Waals surface area contributed by atoms with Crippen molar-refractivity contribution in [2.75, 3.05) is 0 Å². The lowest BCUT2D eigenvalue weighted by atomic mass is 9.42. The predicted molar refractivity (Wildman–Crippen MR) is 107 cm³/mol. The maximum atomic E-state index is 12.4. The van der Waals surface area contributed by atoms with E-state index >= 15 is 0 Å². The summed E-state index contributed by atoms with van der Waals surface area (Å²) in [5.41, 5.74) is 3.96. The van der Waals surface area contributed by atoms with E-state index in [-0.39, 0.29) is 22.8 Å². The highest BCUT2D eigenvalue weighted by atomic mass is 16.5. The zero-order valence-electron chi connectivity index (χ0n) is 15.9. The molecule has 0 radical (unpaired) electrons. The van der Waals surface area contributed by atoms with Crippen molar-refractivity contribution in [3.63, 3.8) is 0 Å². The Kier molecular flexibility index (Phi) is 4.21. The first-order valence-electron chi connectivity index (χ1n) is 9.02. The van der Waals surface area contributed by atoms with Gasteiger partial charge in [-0.3, -0.25) is 4.79 Å². The van der Waals surface area contributed by atoms with E-state index in [1.54, 1.807) is 13.1 Å². The van der Waals surface area contributed by atoms with Gasteiger partial charge in [0, 0.05) is 11.1 Å². The summed E-state index contributed by atoms with van der Waals surface area (Å²) < 4.78 is 10.4. The van der Waals surface area contributed by atoms with Crippen molar-refractivity contribution in [3.8, 4) is 11.4 Å². The van der Waals surface area contributed by atoms with Crippen LogP contribution in [0.3, 0.4) is 0 Å². The zero-order chi connectivity index (χ0) is 19.2. The molecule has 0 spiro atoms. The smallest absolute Gasteiger partial charge is 0.290 e. The predicted octanol–water partition coefficient (Wildman–Crippen LogP) is -0.540. The minimum Gasteiger partial charge on any atom is -0.351 e. The largest absolute Gasteiger partial charge is 0.351 e. The molecule has 7 nitrogen and oxygen atoms in total. The van der Waals surface area contributed by atoms with E-state index in [1.807, 2.05) is 35.7 Å². The first-order valence-corrected chi connectivity index (χ1v) is 9.02. The first kappa shape index (κ1) is 17.6. The van der Waals surface area contributed by atoms with Crippen LogP contribution in [-0.2, 0) is 11.5 Å². The van der Waals surface area contributed by atoms with Gasteiger partial charge in [-0.25, -0.2) is 0 Å². The minimum atomic E-state index is -0.236. The van der Waals surface area contributed by atoms with Crippen molar-refractivity contribution in [1.82, 2.24) is 20.6 Å². The van der Waals surface area contributed by atoms with Gasteiger partial charge < -0.3 is 14.4 Å². The molecular weight excluding hydrogens is 341 g/mol. The molecule has 1 amide bonds. The fourth-order valence-corrected chi connectivity index (χ4v) is 3.28. The van der Waals surface area contributed by atoms with Crippen molar-refractivity contribution in [1.29, 1.82) is 0 Å². The summed E-state index contributed by atoms with van der Waals surface area (Å²) in [6, 6.07) is 6.04. The van der Waals surface area contributed by atoms with Crippen molar-refractivity contribution in [2.24, 2.45) is 0 Å². The fraction of sp³-hybridized carbons (Fsp3) is 0.294. The number of aromatic nitrogens is 3. The second kappa shape index (κ2) is 6.44. The van der Waals surface area contributed by atoms with Gasteiger partial charge in [0.15, 0.2) is 0 Å². The molecule has 0 saturated carbocycles. The minimum absolute atomic E-state index is 0.0403. The molecule has 3 aromatic rings. The first-order chi connectivity index (χ1) is 12.8. The highest BCUT2D eigenvalue weighted by Crippen LogP contribution is 2.34. The van der Waals surface area contributed by atoms with Crippen LogP contribution in [-0.4, -0.2) is 44.7 Å². The molecule has 1 aromatic carbocycles.